The minimum Gasteiger partial charge on any atom is -0.338 e. The number of halogens is 3. The van der Waals surface area contributed by atoms with E-state index in [1.807, 2.05) is 6.07 Å². The molecule has 1 fully saturated rings. The Labute approximate surface area is 192 Å². The fourth-order valence-corrected chi connectivity index (χ4v) is 4.35. The Kier molecular flexibility index (Phi) is 5.46. The molecule has 4 heterocycles. The molecule has 3 aromatic heterocycles. The molecule has 0 bridgehead atoms. The summed E-state index contributed by atoms with van der Waals surface area (Å²) in [6.07, 6.45) is 4.21. The molecule has 1 aromatic carbocycles. The van der Waals surface area contributed by atoms with Crippen molar-refractivity contribution in [3.05, 3.63) is 82.2 Å². The molecule has 1 unspecified atom stereocenters. The smallest absolute Gasteiger partial charge is 0.261 e. The zero-order chi connectivity index (χ0) is 23.1. The molecule has 9 heteroatoms. The molecular weight excluding hydrogens is 450 g/mol. The fourth-order valence-electron chi connectivity index (χ4n) is 4.16. The molecule has 5 rings (SSSR count). The van der Waals surface area contributed by atoms with Crippen LogP contribution in [0.25, 0.3) is 27.8 Å². The number of rotatable bonds is 4. The molecule has 1 saturated heterocycles. The summed E-state index contributed by atoms with van der Waals surface area (Å²) in [7, 11) is 0. The summed E-state index contributed by atoms with van der Waals surface area (Å²) in [6, 6.07) is 11.4. The van der Waals surface area contributed by atoms with Crippen molar-refractivity contribution >= 4 is 28.4 Å². The maximum atomic E-state index is 13.8. The number of likely N-dealkylation sites (tertiary alicyclic amines) is 1. The van der Waals surface area contributed by atoms with E-state index in [2.05, 4.69) is 4.98 Å². The lowest BCUT2D eigenvalue weighted by atomic mass is 10.1. The number of hydrogen-bond acceptors (Lipinski definition) is 3. The van der Waals surface area contributed by atoms with E-state index in [-0.39, 0.29) is 29.6 Å². The van der Waals surface area contributed by atoms with Gasteiger partial charge in [-0.05, 0) is 42.3 Å². The van der Waals surface area contributed by atoms with Gasteiger partial charge in [-0.3, -0.25) is 9.59 Å². The van der Waals surface area contributed by atoms with Crippen LogP contribution in [-0.4, -0.2) is 44.2 Å². The number of pyridine rings is 2. The Balaban J connectivity index is 1.66. The van der Waals surface area contributed by atoms with Gasteiger partial charge in [0.2, 0.25) is 5.91 Å². The van der Waals surface area contributed by atoms with Gasteiger partial charge in [0.05, 0.1) is 22.5 Å². The van der Waals surface area contributed by atoms with Crippen LogP contribution in [0.15, 0.2) is 65.8 Å². The quantitative estimate of drug-likeness (QED) is 0.450. The number of aromatic nitrogens is 3. The van der Waals surface area contributed by atoms with Crippen molar-refractivity contribution in [2.75, 3.05) is 13.1 Å². The van der Waals surface area contributed by atoms with Crippen molar-refractivity contribution < 1.29 is 13.6 Å². The van der Waals surface area contributed by atoms with Crippen molar-refractivity contribution in [1.82, 2.24) is 19.0 Å². The number of carbonyl (C=O) groups is 1. The van der Waals surface area contributed by atoms with E-state index < -0.39 is 12.0 Å². The van der Waals surface area contributed by atoms with Gasteiger partial charge < -0.3 is 14.0 Å². The third kappa shape index (κ3) is 3.91. The summed E-state index contributed by atoms with van der Waals surface area (Å²) < 4.78 is 30.4. The summed E-state index contributed by atoms with van der Waals surface area (Å²) in [6.45, 7) is 0.192. The van der Waals surface area contributed by atoms with Gasteiger partial charge in [0.15, 0.2) is 0 Å². The summed E-state index contributed by atoms with van der Waals surface area (Å²) in [5.41, 5.74) is 1.29. The highest BCUT2D eigenvalue weighted by atomic mass is 35.5. The van der Waals surface area contributed by atoms with Crippen molar-refractivity contribution in [2.45, 2.75) is 19.1 Å². The third-order valence-corrected chi connectivity index (χ3v) is 6.14. The summed E-state index contributed by atoms with van der Waals surface area (Å²) in [5, 5.41) is 0.288. The summed E-state index contributed by atoms with van der Waals surface area (Å²) in [5.74, 6) is -0.276. The standard InChI is InChI=1S/C24H19ClF2N4O2/c25-18-11-15(4-5-19(18)27)17-13-31(21-3-1-2-8-28-21)20-7-10-30(24(33)23(17)20)14-22(32)29-9-6-16(26)12-29/h1-5,7-8,10-11,13,16H,6,9,12,14H2. The van der Waals surface area contributed by atoms with Gasteiger partial charge in [-0.2, -0.15) is 0 Å². The monoisotopic (exact) mass is 468 g/mol. The van der Waals surface area contributed by atoms with Gasteiger partial charge in [0, 0.05) is 30.7 Å². The Morgan fingerprint density at radius 3 is 2.76 bits per heavy atom. The Morgan fingerprint density at radius 2 is 2.06 bits per heavy atom. The second kappa shape index (κ2) is 8.44. The first kappa shape index (κ1) is 21.3. The predicted molar refractivity (Wildman–Crippen MR) is 122 cm³/mol. The highest BCUT2D eigenvalue weighted by Crippen LogP contribution is 2.32. The molecule has 1 aliphatic heterocycles. The lowest BCUT2D eigenvalue weighted by molar-refractivity contribution is -0.131. The van der Waals surface area contributed by atoms with Gasteiger partial charge in [-0.1, -0.05) is 23.7 Å². The SMILES string of the molecule is O=C(Cn1ccc2c(c(-c3ccc(F)c(Cl)c3)cn2-c2ccccn2)c1=O)N1CCC(F)C1. The molecule has 1 amide bonds. The van der Waals surface area contributed by atoms with Crippen molar-refractivity contribution in [3.63, 3.8) is 0 Å². The van der Waals surface area contributed by atoms with E-state index in [1.165, 1.54) is 21.6 Å². The summed E-state index contributed by atoms with van der Waals surface area (Å²) >= 11 is 6.00. The van der Waals surface area contributed by atoms with E-state index in [0.29, 0.717) is 40.8 Å². The van der Waals surface area contributed by atoms with Crippen LogP contribution in [0.1, 0.15) is 6.42 Å². The van der Waals surface area contributed by atoms with E-state index in [0.717, 1.165) is 0 Å². The molecule has 4 aromatic rings. The lowest BCUT2D eigenvalue weighted by Crippen LogP contribution is -2.35. The molecule has 168 valence electrons. The number of benzene rings is 1. The van der Waals surface area contributed by atoms with Gasteiger partial charge >= 0.3 is 0 Å². The normalized spacial score (nSPS) is 16.0. The van der Waals surface area contributed by atoms with Gasteiger partial charge in [-0.15, -0.1) is 0 Å². The molecule has 33 heavy (non-hydrogen) atoms. The maximum Gasteiger partial charge on any atom is 0.261 e. The molecular formula is C24H19ClF2N4O2. The van der Waals surface area contributed by atoms with E-state index in [9.17, 15) is 18.4 Å². The first-order chi connectivity index (χ1) is 15.9. The lowest BCUT2D eigenvalue weighted by Gasteiger charge is -2.16. The number of fused-ring (bicyclic) bond motifs is 1. The number of hydrogen-bond donors (Lipinski definition) is 0. The number of alkyl halides is 1. The van der Waals surface area contributed by atoms with Crippen LogP contribution in [0.3, 0.4) is 0 Å². The molecule has 0 saturated carbocycles. The minimum absolute atomic E-state index is 0.0468. The van der Waals surface area contributed by atoms with Crippen molar-refractivity contribution in [2.24, 2.45) is 0 Å². The fraction of sp³-hybridized carbons (Fsp3) is 0.208. The third-order valence-electron chi connectivity index (χ3n) is 5.85. The molecule has 0 radical (unpaired) electrons. The van der Waals surface area contributed by atoms with Crippen LogP contribution in [0.5, 0.6) is 0 Å². The van der Waals surface area contributed by atoms with E-state index in [4.69, 9.17) is 11.6 Å². The van der Waals surface area contributed by atoms with Crippen LogP contribution in [-0.2, 0) is 11.3 Å². The Hall–Kier alpha value is -3.52. The Morgan fingerprint density at radius 1 is 1.21 bits per heavy atom. The van der Waals surface area contributed by atoms with Crippen LogP contribution < -0.4 is 5.56 Å². The van der Waals surface area contributed by atoms with Gasteiger partial charge in [-0.25, -0.2) is 13.8 Å². The van der Waals surface area contributed by atoms with Crippen LogP contribution in [0.4, 0.5) is 8.78 Å². The zero-order valence-electron chi connectivity index (χ0n) is 17.4. The second-order valence-electron chi connectivity index (χ2n) is 7.96. The van der Waals surface area contributed by atoms with E-state index >= 15 is 0 Å². The van der Waals surface area contributed by atoms with Crippen molar-refractivity contribution in [3.8, 4) is 16.9 Å². The Bertz CT molecular complexity index is 1420. The van der Waals surface area contributed by atoms with Crippen LogP contribution in [0.2, 0.25) is 5.02 Å². The largest absolute Gasteiger partial charge is 0.338 e. The molecule has 1 aliphatic rings. The first-order valence-corrected chi connectivity index (χ1v) is 10.8. The highest BCUT2D eigenvalue weighted by Gasteiger charge is 2.26. The maximum absolute atomic E-state index is 13.8. The predicted octanol–water partition coefficient (Wildman–Crippen LogP) is 4.22. The average Bonchev–Trinajstić information content (AvgIpc) is 3.42. The second-order valence-corrected chi connectivity index (χ2v) is 8.37. The molecule has 6 nitrogen and oxygen atoms in total. The molecule has 0 aliphatic carbocycles. The molecule has 0 N–H and O–H groups in total. The van der Waals surface area contributed by atoms with Gasteiger partial charge in [0.25, 0.3) is 5.56 Å². The van der Waals surface area contributed by atoms with Gasteiger partial charge in [0.1, 0.15) is 24.4 Å². The average molecular weight is 469 g/mol. The highest BCUT2D eigenvalue weighted by molar-refractivity contribution is 6.31. The first-order valence-electron chi connectivity index (χ1n) is 10.5. The number of carbonyl (C=O) groups excluding carboxylic acids is 1. The van der Waals surface area contributed by atoms with Crippen molar-refractivity contribution in [1.29, 1.82) is 0 Å². The van der Waals surface area contributed by atoms with Crippen LogP contribution >= 0.6 is 11.6 Å². The van der Waals surface area contributed by atoms with E-state index in [1.54, 1.807) is 47.4 Å². The van der Waals surface area contributed by atoms with Crippen LogP contribution in [0, 0.1) is 5.82 Å². The topological polar surface area (TPSA) is 60.1 Å². The number of amides is 1. The summed E-state index contributed by atoms with van der Waals surface area (Å²) in [4.78, 5) is 31.9. The number of nitrogens with zero attached hydrogens (tertiary/aromatic N) is 4. The zero-order valence-corrected chi connectivity index (χ0v) is 18.2. The molecule has 0 spiro atoms. The minimum atomic E-state index is -1.03. The molecule has 1 atom stereocenters.